The second-order valence-corrected chi connectivity index (χ2v) is 7.47. The molecule has 4 rings (SSSR count). The predicted octanol–water partition coefficient (Wildman–Crippen LogP) is 3.40. The van der Waals surface area contributed by atoms with E-state index in [9.17, 15) is 0 Å². The van der Waals surface area contributed by atoms with Gasteiger partial charge in [0.25, 0.3) is 0 Å². The number of aryl methyl sites for hydroxylation is 1. The van der Waals surface area contributed by atoms with Crippen molar-refractivity contribution in [3.8, 4) is 0 Å². The first kappa shape index (κ1) is 16.7. The van der Waals surface area contributed by atoms with Crippen LogP contribution in [0.1, 0.15) is 36.2 Å². The number of rotatable bonds is 7. The molecule has 2 fully saturated rings. The molecule has 3 heterocycles. The Balaban J connectivity index is 1.47. The molecule has 4 heteroatoms. The van der Waals surface area contributed by atoms with Crippen molar-refractivity contribution in [3.05, 3.63) is 59.7 Å². The minimum atomic E-state index is 0.332. The van der Waals surface area contributed by atoms with Gasteiger partial charge in [0.05, 0.1) is 11.8 Å². The highest BCUT2D eigenvalue weighted by molar-refractivity contribution is 5.14. The molecule has 2 aromatic heterocycles. The van der Waals surface area contributed by atoms with Gasteiger partial charge in [-0.25, -0.2) is 0 Å². The number of hydrogen-bond donors (Lipinski definition) is 0. The van der Waals surface area contributed by atoms with E-state index >= 15 is 0 Å². The third-order valence-electron chi connectivity index (χ3n) is 5.35. The summed E-state index contributed by atoms with van der Waals surface area (Å²) in [5, 5.41) is 0. The molecule has 0 radical (unpaired) electrons. The van der Waals surface area contributed by atoms with E-state index in [1.54, 1.807) is 0 Å². The molecule has 0 N–H and O–H groups in total. The standard InChI is InChI=1S/C21H27N3O/c1-16-3-2-4-19(23-16)14-24-12-9-21(25-15-18-5-6-18)20(24)13-17-7-10-22-11-8-17/h2-4,7-8,10-11,18,20-21H,5-6,9,12-15H2,1H3/t20-,21-/m0/s1. The smallest absolute Gasteiger partial charge is 0.0745 e. The molecule has 1 aliphatic heterocycles. The first-order chi connectivity index (χ1) is 12.3. The molecule has 0 spiro atoms. The first-order valence-corrected chi connectivity index (χ1v) is 9.45. The normalized spacial score (nSPS) is 23.9. The lowest BCUT2D eigenvalue weighted by Crippen LogP contribution is -2.38. The van der Waals surface area contributed by atoms with E-state index in [1.807, 2.05) is 12.4 Å². The van der Waals surface area contributed by atoms with E-state index in [0.717, 1.165) is 49.8 Å². The minimum Gasteiger partial charge on any atom is -0.376 e. The molecule has 1 saturated heterocycles. The summed E-state index contributed by atoms with van der Waals surface area (Å²) in [7, 11) is 0. The van der Waals surface area contributed by atoms with E-state index in [2.05, 4.69) is 47.1 Å². The monoisotopic (exact) mass is 337 g/mol. The molecule has 25 heavy (non-hydrogen) atoms. The number of nitrogens with zero attached hydrogens (tertiary/aromatic N) is 3. The Morgan fingerprint density at radius 2 is 1.96 bits per heavy atom. The SMILES string of the molecule is Cc1cccc(CN2CC[C@H](OCC3CC3)[C@@H]2Cc2ccncc2)n1. The van der Waals surface area contributed by atoms with Crippen LogP contribution in [0.4, 0.5) is 0 Å². The first-order valence-electron chi connectivity index (χ1n) is 9.45. The highest BCUT2D eigenvalue weighted by atomic mass is 16.5. The van der Waals surface area contributed by atoms with Gasteiger partial charge >= 0.3 is 0 Å². The summed E-state index contributed by atoms with van der Waals surface area (Å²) >= 11 is 0. The van der Waals surface area contributed by atoms with Gasteiger partial charge in [-0.1, -0.05) is 6.07 Å². The zero-order chi connectivity index (χ0) is 17.1. The Morgan fingerprint density at radius 1 is 1.12 bits per heavy atom. The quantitative estimate of drug-likeness (QED) is 0.776. The summed E-state index contributed by atoms with van der Waals surface area (Å²) in [4.78, 5) is 11.4. The minimum absolute atomic E-state index is 0.332. The van der Waals surface area contributed by atoms with Gasteiger partial charge < -0.3 is 4.74 Å². The number of aromatic nitrogens is 2. The molecule has 2 aliphatic rings. The molecular weight excluding hydrogens is 310 g/mol. The summed E-state index contributed by atoms with van der Waals surface area (Å²) < 4.78 is 6.33. The van der Waals surface area contributed by atoms with Crippen molar-refractivity contribution in [2.24, 2.45) is 5.92 Å². The van der Waals surface area contributed by atoms with Crippen LogP contribution in [-0.4, -0.2) is 40.2 Å². The second kappa shape index (κ2) is 7.63. The number of ether oxygens (including phenoxy) is 1. The predicted molar refractivity (Wildman–Crippen MR) is 98.2 cm³/mol. The third kappa shape index (κ3) is 4.44. The number of pyridine rings is 2. The van der Waals surface area contributed by atoms with Gasteiger partial charge in [-0.3, -0.25) is 14.9 Å². The van der Waals surface area contributed by atoms with Gasteiger partial charge in [0.2, 0.25) is 0 Å². The van der Waals surface area contributed by atoms with Crippen LogP contribution in [0.15, 0.2) is 42.7 Å². The van der Waals surface area contributed by atoms with Crippen LogP contribution in [0.25, 0.3) is 0 Å². The zero-order valence-corrected chi connectivity index (χ0v) is 15.0. The van der Waals surface area contributed by atoms with Gasteiger partial charge in [0, 0.05) is 43.8 Å². The molecule has 2 atom stereocenters. The Labute approximate surface area is 150 Å². The number of hydrogen-bond acceptors (Lipinski definition) is 4. The van der Waals surface area contributed by atoms with E-state index in [1.165, 1.54) is 18.4 Å². The van der Waals surface area contributed by atoms with Crippen molar-refractivity contribution < 1.29 is 4.74 Å². The molecule has 0 unspecified atom stereocenters. The topological polar surface area (TPSA) is 38.2 Å². The van der Waals surface area contributed by atoms with Crippen LogP contribution >= 0.6 is 0 Å². The summed E-state index contributed by atoms with van der Waals surface area (Å²) in [6.45, 7) is 4.99. The lowest BCUT2D eigenvalue weighted by Gasteiger charge is -2.28. The maximum atomic E-state index is 6.33. The average molecular weight is 337 g/mol. The van der Waals surface area contributed by atoms with Crippen LogP contribution in [-0.2, 0) is 17.7 Å². The summed E-state index contributed by atoms with van der Waals surface area (Å²) in [6, 6.07) is 11.0. The average Bonchev–Trinajstić information content (AvgIpc) is 3.38. The van der Waals surface area contributed by atoms with Crippen molar-refractivity contribution in [2.45, 2.75) is 51.3 Å². The van der Waals surface area contributed by atoms with Gasteiger partial charge in [-0.15, -0.1) is 0 Å². The van der Waals surface area contributed by atoms with Crippen LogP contribution < -0.4 is 0 Å². The molecular formula is C21H27N3O. The van der Waals surface area contributed by atoms with Crippen molar-refractivity contribution in [1.82, 2.24) is 14.9 Å². The van der Waals surface area contributed by atoms with E-state index in [0.29, 0.717) is 12.1 Å². The van der Waals surface area contributed by atoms with Gasteiger partial charge in [-0.05, 0) is 68.4 Å². The highest BCUT2D eigenvalue weighted by Crippen LogP contribution is 2.32. The maximum absolute atomic E-state index is 6.33. The molecule has 0 amide bonds. The van der Waals surface area contributed by atoms with Gasteiger partial charge in [0.15, 0.2) is 0 Å². The lowest BCUT2D eigenvalue weighted by atomic mass is 10.0. The molecule has 1 saturated carbocycles. The van der Waals surface area contributed by atoms with Gasteiger partial charge in [-0.2, -0.15) is 0 Å². The Hall–Kier alpha value is -1.78. The second-order valence-electron chi connectivity index (χ2n) is 7.47. The van der Waals surface area contributed by atoms with Crippen LogP contribution in [0.5, 0.6) is 0 Å². The van der Waals surface area contributed by atoms with Crippen molar-refractivity contribution in [3.63, 3.8) is 0 Å². The van der Waals surface area contributed by atoms with E-state index < -0.39 is 0 Å². The molecule has 4 nitrogen and oxygen atoms in total. The summed E-state index contributed by atoms with van der Waals surface area (Å²) in [6.07, 6.45) is 8.93. The molecule has 132 valence electrons. The Morgan fingerprint density at radius 3 is 2.72 bits per heavy atom. The number of likely N-dealkylation sites (tertiary alicyclic amines) is 1. The van der Waals surface area contributed by atoms with Crippen LogP contribution in [0.3, 0.4) is 0 Å². The van der Waals surface area contributed by atoms with E-state index in [-0.39, 0.29) is 0 Å². The van der Waals surface area contributed by atoms with Crippen LogP contribution in [0.2, 0.25) is 0 Å². The summed E-state index contributed by atoms with van der Waals surface area (Å²) in [5.74, 6) is 0.814. The highest BCUT2D eigenvalue weighted by Gasteiger charge is 2.36. The van der Waals surface area contributed by atoms with E-state index in [4.69, 9.17) is 9.72 Å². The Kier molecular flexibility index (Phi) is 5.09. The van der Waals surface area contributed by atoms with Crippen molar-refractivity contribution in [2.75, 3.05) is 13.2 Å². The van der Waals surface area contributed by atoms with Crippen molar-refractivity contribution >= 4 is 0 Å². The largest absolute Gasteiger partial charge is 0.376 e. The lowest BCUT2D eigenvalue weighted by molar-refractivity contribution is 0.0195. The maximum Gasteiger partial charge on any atom is 0.0745 e. The van der Waals surface area contributed by atoms with Crippen LogP contribution in [0, 0.1) is 12.8 Å². The fourth-order valence-corrected chi connectivity index (χ4v) is 3.74. The Bertz CT molecular complexity index is 687. The molecule has 2 aromatic rings. The zero-order valence-electron chi connectivity index (χ0n) is 15.0. The molecule has 0 bridgehead atoms. The molecule has 0 aromatic carbocycles. The molecule has 1 aliphatic carbocycles. The fraction of sp³-hybridized carbons (Fsp3) is 0.524. The van der Waals surface area contributed by atoms with Gasteiger partial charge in [0.1, 0.15) is 0 Å². The fourth-order valence-electron chi connectivity index (χ4n) is 3.74. The van der Waals surface area contributed by atoms with Crippen molar-refractivity contribution in [1.29, 1.82) is 0 Å². The summed E-state index contributed by atoms with van der Waals surface area (Å²) in [5.41, 5.74) is 3.58. The third-order valence-corrected chi connectivity index (χ3v) is 5.35.